The number of likely N-dealkylation sites (tertiary alicyclic amines) is 1. The Hall–Kier alpha value is -2.87. The van der Waals surface area contributed by atoms with Crippen molar-refractivity contribution in [3.63, 3.8) is 0 Å². The Kier molecular flexibility index (Phi) is 7.19. The van der Waals surface area contributed by atoms with Gasteiger partial charge in [-0.05, 0) is 60.2 Å². The highest BCUT2D eigenvalue weighted by atomic mass is 32.2. The Morgan fingerprint density at radius 1 is 1.10 bits per heavy atom. The van der Waals surface area contributed by atoms with Gasteiger partial charge in [-0.2, -0.15) is 4.68 Å². The van der Waals surface area contributed by atoms with E-state index in [0.717, 1.165) is 38.0 Å². The summed E-state index contributed by atoms with van der Waals surface area (Å²) < 4.78 is 7.32. The molecule has 1 fully saturated rings. The second-order valence-corrected chi connectivity index (χ2v) is 8.52. The van der Waals surface area contributed by atoms with Crippen molar-refractivity contribution >= 4 is 17.7 Å². The summed E-state index contributed by atoms with van der Waals surface area (Å²) in [5, 5.41) is 12.6. The summed E-state index contributed by atoms with van der Waals surface area (Å²) in [4.78, 5) is 14.7. The van der Waals surface area contributed by atoms with Crippen LogP contribution >= 0.6 is 11.8 Å². The predicted molar refractivity (Wildman–Crippen MR) is 120 cm³/mol. The summed E-state index contributed by atoms with van der Waals surface area (Å²) in [6.45, 7) is 4.12. The van der Waals surface area contributed by atoms with Crippen LogP contribution < -0.4 is 4.74 Å². The molecular weight excluding hydrogens is 410 g/mol. The second-order valence-electron chi connectivity index (χ2n) is 7.58. The van der Waals surface area contributed by atoms with Crippen LogP contribution in [0.2, 0.25) is 0 Å². The van der Waals surface area contributed by atoms with E-state index in [9.17, 15) is 4.79 Å². The predicted octanol–water partition coefficient (Wildman–Crippen LogP) is 3.63. The van der Waals surface area contributed by atoms with Gasteiger partial charge in [0.1, 0.15) is 11.4 Å². The van der Waals surface area contributed by atoms with Crippen molar-refractivity contribution in [3.05, 3.63) is 60.2 Å². The lowest BCUT2D eigenvalue weighted by Gasteiger charge is -2.32. The zero-order chi connectivity index (χ0) is 21.5. The number of tetrazole rings is 1. The number of nitrogens with zero attached hydrogens (tertiary/aromatic N) is 5. The van der Waals surface area contributed by atoms with E-state index in [2.05, 4.69) is 39.8 Å². The SMILES string of the molecule is CCOc1ccccc1-n1nnnc1SCC(=O)N1CCC(Cc2ccccc2)CC1. The van der Waals surface area contributed by atoms with E-state index in [4.69, 9.17) is 4.74 Å². The van der Waals surface area contributed by atoms with E-state index in [1.54, 1.807) is 4.68 Å². The summed E-state index contributed by atoms with van der Waals surface area (Å²) >= 11 is 1.36. The third-order valence-electron chi connectivity index (χ3n) is 5.49. The molecule has 4 rings (SSSR count). The zero-order valence-electron chi connectivity index (χ0n) is 17.7. The van der Waals surface area contributed by atoms with E-state index in [1.807, 2.05) is 42.2 Å². The highest BCUT2D eigenvalue weighted by Crippen LogP contribution is 2.27. The van der Waals surface area contributed by atoms with Gasteiger partial charge in [-0.15, -0.1) is 5.10 Å². The number of carbonyl (C=O) groups is 1. The maximum Gasteiger partial charge on any atom is 0.233 e. The van der Waals surface area contributed by atoms with Crippen molar-refractivity contribution in [3.8, 4) is 11.4 Å². The average Bonchev–Trinajstić information content (AvgIpc) is 3.28. The van der Waals surface area contributed by atoms with Gasteiger partial charge < -0.3 is 9.64 Å². The third kappa shape index (κ3) is 5.44. The first-order valence-corrected chi connectivity index (χ1v) is 11.7. The Morgan fingerprint density at radius 3 is 2.61 bits per heavy atom. The highest BCUT2D eigenvalue weighted by molar-refractivity contribution is 7.99. The van der Waals surface area contributed by atoms with E-state index in [-0.39, 0.29) is 5.91 Å². The molecule has 3 aromatic rings. The van der Waals surface area contributed by atoms with Crippen LogP contribution in [0.4, 0.5) is 0 Å². The van der Waals surface area contributed by atoms with Gasteiger partial charge in [-0.1, -0.05) is 54.2 Å². The molecule has 2 aromatic carbocycles. The van der Waals surface area contributed by atoms with Crippen molar-refractivity contribution in [2.75, 3.05) is 25.4 Å². The van der Waals surface area contributed by atoms with Gasteiger partial charge in [-0.3, -0.25) is 4.79 Å². The molecule has 0 unspecified atom stereocenters. The number of piperidine rings is 1. The molecule has 1 amide bonds. The van der Waals surface area contributed by atoms with Crippen LogP contribution in [-0.2, 0) is 11.2 Å². The van der Waals surface area contributed by atoms with Crippen LogP contribution in [0.1, 0.15) is 25.3 Å². The van der Waals surface area contributed by atoms with Crippen LogP contribution in [0, 0.1) is 5.92 Å². The lowest BCUT2D eigenvalue weighted by molar-refractivity contribution is -0.129. The fourth-order valence-electron chi connectivity index (χ4n) is 3.88. The van der Waals surface area contributed by atoms with Gasteiger partial charge >= 0.3 is 0 Å². The number of benzene rings is 2. The lowest BCUT2D eigenvalue weighted by Crippen LogP contribution is -2.39. The number of hydrogen-bond acceptors (Lipinski definition) is 6. The molecule has 162 valence electrons. The number of carbonyl (C=O) groups excluding carboxylic acids is 1. The molecule has 7 nitrogen and oxygen atoms in total. The first kappa shape index (κ1) is 21.4. The van der Waals surface area contributed by atoms with Crippen molar-refractivity contribution in [1.29, 1.82) is 0 Å². The van der Waals surface area contributed by atoms with Gasteiger partial charge in [0.15, 0.2) is 0 Å². The molecule has 8 heteroatoms. The first-order valence-electron chi connectivity index (χ1n) is 10.7. The van der Waals surface area contributed by atoms with Crippen LogP contribution in [0.25, 0.3) is 5.69 Å². The van der Waals surface area contributed by atoms with Crippen LogP contribution in [-0.4, -0.2) is 56.5 Å². The molecule has 1 saturated heterocycles. The van der Waals surface area contributed by atoms with Gasteiger partial charge in [0.25, 0.3) is 0 Å². The van der Waals surface area contributed by atoms with Crippen molar-refractivity contribution in [2.24, 2.45) is 5.92 Å². The van der Waals surface area contributed by atoms with E-state index in [0.29, 0.717) is 29.2 Å². The second kappa shape index (κ2) is 10.4. The molecule has 0 bridgehead atoms. The zero-order valence-corrected chi connectivity index (χ0v) is 18.5. The van der Waals surface area contributed by atoms with Gasteiger partial charge in [0, 0.05) is 13.1 Å². The van der Waals surface area contributed by atoms with Crippen molar-refractivity contribution in [2.45, 2.75) is 31.3 Å². The van der Waals surface area contributed by atoms with E-state index < -0.39 is 0 Å². The number of hydrogen-bond donors (Lipinski definition) is 0. The van der Waals surface area contributed by atoms with Gasteiger partial charge in [0.2, 0.25) is 11.1 Å². The normalized spacial score (nSPS) is 14.5. The number of thioether (sulfide) groups is 1. The van der Waals surface area contributed by atoms with Crippen molar-refractivity contribution < 1.29 is 9.53 Å². The average molecular weight is 438 g/mol. The third-order valence-corrected chi connectivity index (χ3v) is 6.40. The largest absolute Gasteiger partial charge is 0.492 e. The molecule has 1 aliphatic heterocycles. The first-order chi connectivity index (χ1) is 15.2. The van der Waals surface area contributed by atoms with Crippen LogP contribution in [0.3, 0.4) is 0 Å². The number of amides is 1. The Morgan fingerprint density at radius 2 is 1.84 bits per heavy atom. The minimum atomic E-state index is 0.135. The van der Waals surface area contributed by atoms with Gasteiger partial charge in [-0.25, -0.2) is 0 Å². The summed E-state index contributed by atoms with van der Waals surface area (Å²) in [6, 6.07) is 18.2. The minimum Gasteiger partial charge on any atom is -0.492 e. The maximum absolute atomic E-state index is 12.8. The standard InChI is InChI=1S/C23H27N5O2S/c1-2-30-21-11-7-6-10-20(21)28-23(24-25-26-28)31-17-22(29)27-14-12-19(13-15-27)16-18-8-4-3-5-9-18/h3-11,19H,2,12-17H2,1H3. The topological polar surface area (TPSA) is 73.1 Å². The number of rotatable bonds is 8. The smallest absolute Gasteiger partial charge is 0.233 e. The van der Waals surface area contributed by atoms with Crippen LogP contribution in [0.5, 0.6) is 5.75 Å². The van der Waals surface area contributed by atoms with E-state index in [1.165, 1.54) is 17.3 Å². The maximum atomic E-state index is 12.8. The minimum absolute atomic E-state index is 0.135. The molecule has 1 aromatic heterocycles. The highest BCUT2D eigenvalue weighted by Gasteiger charge is 2.24. The Balaban J connectivity index is 1.31. The number of ether oxygens (including phenoxy) is 1. The fourth-order valence-corrected chi connectivity index (χ4v) is 4.67. The number of aromatic nitrogens is 4. The van der Waals surface area contributed by atoms with E-state index >= 15 is 0 Å². The quantitative estimate of drug-likeness (QED) is 0.501. The molecule has 0 N–H and O–H groups in total. The monoisotopic (exact) mass is 437 g/mol. The summed E-state index contributed by atoms with van der Waals surface area (Å²) in [5.41, 5.74) is 2.15. The molecule has 1 aliphatic rings. The Bertz CT molecular complexity index is 986. The number of para-hydroxylation sites is 2. The molecule has 0 aliphatic carbocycles. The summed E-state index contributed by atoms with van der Waals surface area (Å²) in [5.74, 6) is 1.81. The summed E-state index contributed by atoms with van der Waals surface area (Å²) in [6.07, 6.45) is 3.18. The molecule has 31 heavy (non-hydrogen) atoms. The molecular formula is C23H27N5O2S. The lowest BCUT2D eigenvalue weighted by atomic mass is 9.90. The Labute approximate surface area is 186 Å². The summed E-state index contributed by atoms with van der Waals surface area (Å²) in [7, 11) is 0. The molecule has 0 spiro atoms. The van der Waals surface area contributed by atoms with Crippen LogP contribution in [0.15, 0.2) is 59.8 Å². The van der Waals surface area contributed by atoms with Crippen molar-refractivity contribution in [1.82, 2.24) is 25.1 Å². The molecule has 0 saturated carbocycles. The molecule has 0 radical (unpaired) electrons. The molecule has 2 heterocycles. The molecule has 0 atom stereocenters. The van der Waals surface area contributed by atoms with Gasteiger partial charge in [0.05, 0.1) is 12.4 Å². The fraction of sp³-hybridized carbons (Fsp3) is 0.391.